The summed E-state index contributed by atoms with van der Waals surface area (Å²) in [4.78, 5) is 16.4. The molecule has 5 heteroatoms. The predicted octanol–water partition coefficient (Wildman–Crippen LogP) is 3.62. The molecule has 3 rings (SSSR count). The molecule has 124 valence electrons. The Morgan fingerprint density at radius 1 is 1.08 bits per heavy atom. The fourth-order valence-corrected chi connectivity index (χ4v) is 2.61. The van der Waals surface area contributed by atoms with E-state index in [9.17, 15) is 4.79 Å². The van der Waals surface area contributed by atoms with Gasteiger partial charge in [-0.25, -0.2) is 4.98 Å². The molecule has 2 aliphatic heterocycles. The van der Waals surface area contributed by atoms with Gasteiger partial charge in [-0.3, -0.25) is 4.79 Å². The molecule has 2 aliphatic rings. The zero-order chi connectivity index (χ0) is 16.9. The van der Waals surface area contributed by atoms with Crippen LogP contribution in [0.1, 0.15) is 13.8 Å². The minimum atomic E-state index is -0.263. The van der Waals surface area contributed by atoms with E-state index in [1.807, 2.05) is 60.2 Å². The topological polar surface area (TPSA) is 53.4 Å². The predicted molar refractivity (Wildman–Crippen MR) is 92.1 cm³/mol. The molecule has 2 heterocycles. The van der Waals surface area contributed by atoms with Crippen LogP contribution in [-0.2, 0) is 16.1 Å². The number of fused-ring (bicyclic) bond motifs is 1. The van der Waals surface area contributed by atoms with Crippen LogP contribution in [0.25, 0.3) is 22.6 Å². The molecule has 0 bridgehead atoms. The number of pyridine rings is 1. The van der Waals surface area contributed by atoms with Crippen LogP contribution >= 0.6 is 0 Å². The van der Waals surface area contributed by atoms with Crippen molar-refractivity contribution in [2.24, 2.45) is 0 Å². The van der Waals surface area contributed by atoms with Gasteiger partial charge in [0.05, 0.1) is 18.9 Å². The number of aromatic nitrogens is 2. The van der Waals surface area contributed by atoms with Crippen LogP contribution in [-0.4, -0.2) is 28.7 Å². The molecule has 0 spiro atoms. The first kappa shape index (κ1) is 16.1. The maximum atomic E-state index is 11.7. The molecule has 0 N–H and O–H groups in total. The van der Waals surface area contributed by atoms with Gasteiger partial charge in [-0.15, -0.1) is 0 Å². The summed E-state index contributed by atoms with van der Waals surface area (Å²) in [5, 5.41) is 0. The summed E-state index contributed by atoms with van der Waals surface area (Å²) in [5.41, 5.74) is 2.87. The number of nitrogens with zero attached hydrogens (tertiary/aromatic N) is 2. The number of rotatable bonds is 6. The molecule has 24 heavy (non-hydrogen) atoms. The number of esters is 1. The number of carbonyl (C=O) groups excluding carboxylic acids is 1. The summed E-state index contributed by atoms with van der Waals surface area (Å²) < 4.78 is 12.3. The lowest BCUT2D eigenvalue weighted by Gasteiger charge is -2.10. The van der Waals surface area contributed by atoms with Crippen molar-refractivity contribution in [3.8, 4) is 28.4 Å². The molecule has 5 nitrogen and oxygen atoms in total. The number of ether oxygens (including phenoxy) is 2. The van der Waals surface area contributed by atoms with E-state index in [0.29, 0.717) is 13.2 Å². The highest BCUT2D eigenvalue weighted by molar-refractivity contribution is 5.74. The van der Waals surface area contributed by atoms with Crippen LogP contribution in [0.2, 0.25) is 0 Å². The smallest absolute Gasteiger partial charge is 0.325 e. The van der Waals surface area contributed by atoms with E-state index in [0.717, 1.165) is 28.4 Å². The van der Waals surface area contributed by atoms with Crippen molar-refractivity contribution in [2.75, 3.05) is 13.2 Å². The van der Waals surface area contributed by atoms with Gasteiger partial charge in [-0.2, -0.15) is 0 Å². The molecule has 1 aromatic rings. The van der Waals surface area contributed by atoms with Crippen molar-refractivity contribution < 1.29 is 14.3 Å². The second-order valence-electron chi connectivity index (χ2n) is 5.32. The fourth-order valence-electron chi connectivity index (χ4n) is 2.61. The van der Waals surface area contributed by atoms with Crippen molar-refractivity contribution >= 4 is 5.97 Å². The lowest BCUT2D eigenvalue weighted by atomic mass is 10.1. The maximum absolute atomic E-state index is 11.7. The first-order valence-corrected chi connectivity index (χ1v) is 8.06. The average Bonchev–Trinajstić information content (AvgIpc) is 3.01. The molecule has 1 aromatic carbocycles. The quantitative estimate of drug-likeness (QED) is 0.650. The van der Waals surface area contributed by atoms with E-state index in [-0.39, 0.29) is 12.5 Å². The molecule has 0 saturated heterocycles. The Balaban J connectivity index is 1.90. The first-order chi connectivity index (χ1) is 11.7. The molecule has 0 radical (unpaired) electrons. The summed E-state index contributed by atoms with van der Waals surface area (Å²) in [6.45, 7) is 4.94. The van der Waals surface area contributed by atoms with Gasteiger partial charge in [-0.05, 0) is 56.3 Å². The normalized spacial score (nSPS) is 10.8. The van der Waals surface area contributed by atoms with Gasteiger partial charge in [0.2, 0.25) is 0 Å². The van der Waals surface area contributed by atoms with Crippen molar-refractivity contribution in [2.45, 2.75) is 20.4 Å². The first-order valence-electron chi connectivity index (χ1n) is 8.06. The van der Waals surface area contributed by atoms with E-state index < -0.39 is 0 Å². The fraction of sp³-hybridized carbons (Fsp3) is 0.263. The summed E-state index contributed by atoms with van der Waals surface area (Å²) in [5.74, 6) is 1.35. The van der Waals surface area contributed by atoms with E-state index >= 15 is 0 Å². The Bertz CT molecular complexity index is 793. The van der Waals surface area contributed by atoms with Gasteiger partial charge in [-0.1, -0.05) is 0 Å². The molecular weight excluding hydrogens is 304 g/mol. The summed E-state index contributed by atoms with van der Waals surface area (Å²) in [6, 6.07) is 13.8. The van der Waals surface area contributed by atoms with Crippen LogP contribution in [0, 0.1) is 0 Å². The Morgan fingerprint density at radius 2 is 1.88 bits per heavy atom. The monoisotopic (exact) mass is 324 g/mol. The van der Waals surface area contributed by atoms with Crippen molar-refractivity contribution in [3.05, 3.63) is 48.7 Å². The Hall–Kier alpha value is -2.82. The van der Waals surface area contributed by atoms with E-state index in [1.165, 1.54) is 0 Å². The molecule has 0 atom stereocenters. The standard InChI is InChI=1S/C19H20N2O3/c1-3-23-16-9-7-14(8-10-16)17-12-15-6-5-11-21(19(15)20-17)13-18(22)24-4-2/h5-12H,3-4,13H2,1-2H3. The van der Waals surface area contributed by atoms with Crippen LogP contribution in [0.4, 0.5) is 0 Å². The third-order valence-electron chi connectivity index (χ3n) is 3.66. The molecule has 0 aliphatic carbocycles. The highest BCUT2D eigenvalue weighted by atomic mass is 16.5. The van der Waals surface area contributed by atoms with Gasteiger partial charge in [0, 0.05) is 17.3 Å². The molecular formula is C19H20N2O3. The minimum Gasteiger partial charge on any atom is -0.494 e. The van der Waals surface area contributed by atoms with E-state index in [4.69, 9.17) is 9.47 Å². The zero-order valence-corrected chi connectivity index (χ0v) is 13.9. The van der Waals surface area contributed by atoms with E-state index in [1.54, 1.807) is 6.92 Å². The van der Waals surface area contributed by atoms with Gasteiger partial charge >= 0.3 is 5.97 Å². The Labute approximate surface area is 141 Å². The van der Waals surface area contributed by atoms with Gasteiger partial charge in [0.15, 0.2) is 0 Å². The molecule has 0 amide bonds. The van der Waals surface area contributed by atoms with Gasteiger partial charge in [0.1, 0.15) is 18.1 Å². The number of benzene rings is 1. The number of carbonyl (C=O) groups is 1. The second kappa shape index (κ2) is 7.17. The molecule has 0 aromatic heterocycles. The zero-order valence-electron chi connectivity index (χ0n) is 13.9. The second-order valence-corrected chi connectivity index (χ2v) is 5.32. The summed E-state index contributed by atoms with van der Waals surface area (Å²) in [7, 11) is 0. The molecule has 0 saturated carbocycles. The van der Waals surface area contributed by atoms with Crippen molar-refractivity contribution in [3.63, 3.8) is 0 Å². The Kier molecular flexibility index (Phi) is 4.79. The highest BCUT2D eigenvalue weighted by Crippen LogP contribution is 2.29. The highest BCUT2D eigenvalue weighted by Gasteiger charge is 2.15. The maximum Gasteiger partial charge on any atom is 0.325 e. The van der Waals surface area contributed by atoms with Crippen LogP contribution in [0.3, 0.4) is 0 Å². The third kappa shape index (κ3) is 3.40. The van der Waals surface area contributed by atoms with Crippen molar-refractivity contribution in [1.82, 2.24) is 9.55 Å². The van der Waals surface area contributed by atoms with Gasteiger partial charge < -0.3 is 14.0 Å². The molecule has 0 fully saturated rings. The number of hydrogen-bond donors (Lipinski definition) is 0. The van der Waals surface area contributed by atoms with Gasteiger partial charge in [0.25, 0.3) is 0 Å². The van der Waals surface area contributed by atoms with Crippen LogP contribution in [0.15, 0.2) is 48.7 Å². The largest absolute Gasteiger partial charge is 0.494 e. The van der Waals surface area contributed by atoms with Crippen LogP contribution in [0.5, 0.6) is 5.75 Å². The minimum absolute atomic E-state index is 0.158. The van der Waals surface area contributed by atoms with E-state index in [2.05, 4.69) is 4.98 Å². The van der Waals surface area contributed by atoms with Crippen molar-refractivity contribution in [1.29, 1.82) is 0 Å². The summed E-state index contributed by atoms with van der Waals surface area (Å²) >= 11 is 0. The lowest BCUT2D eigenvalue weighted by molar-refractivity contribution is -0.143. The number of hydrogen-bond acceptors (Lipinski definition) is 4. The lowest BCUT2D eigenvalue weighted by Crippen LogP contribution is -2.15. The SMILES string of the molecule is CCOC(=O)Cn1cccc2cc(-c3ccc(OCC)cc3)nc1-2. The summed E-state index contributed by atoms with van der Waals surface area (Å²) in [6.07, 6.45) is 1.84. The van der Waals surface area contributed by atoms with Crippen LogP contribution < -0.4 is 4.74 Å². The third-order valence-corrected chi connectivity index (χ3v) is 3.66. The Morgan fingerprint density at radius 3 is 2.58 bits per heavy atom. The average molecular weight is 324 g/mol. The molecule has 0 unspecified atom stereocenters.